The lowest BCUT2D eigenvalue weighted by molar-refractivity contribution is 0.00520. The summed E-state index contributed by atoms with van der Waals surface area (Å²) < 4.78 is 13.2. The van der Waals surface area contributed by atoms with E-state index in [1.807, 2.05) is 31.5 Å². The van der Waals surface area contributed by atoms with E-state index in [2.05, 4.69) is 29.9 Å². The molecule has 3 rings (SSSR count). The summed E-state index contributed by atoms with van der Waals surface area (Å²) in [6.45, 7) is 14.4. The van der Waals surface area contributed by atoms with Crippen molar-refractivity contribution in [2.24, 2.45) is 0 Å². The molecular formula is C21H36N4O4Si. The molecule has 1 aromatic rings. The van der Waals surface area contributed by atoms with Crippen LogP contribution in [0.3, 0.4) is 0 Å². The third-order valence-corrected chi connectivity index (χ3v) is 6.87. The SMILES string of the molecule is CC(C)(C)OC(=O)N1CC(NC(=O)c2ncc(C3CC3)n2COCC[Si](C)(C)C)C1. The summed E-state index contributed by atoms with van der Waals surface area (Å²) in [5, 5.41) is 2.99. The maximum Gasteiger partial charge on any atom is 0.410 e. The molecule has 1 aromatic heterocycles. The summed E-state index contributed by atoms with van der Waals surface area (Å²) >= 11 is 0. The van der Waals surface area contributed by atoms with Crippen molar-refractivity contribution in [2.75, 3.05) is 19.7 Å². The maximum absolute atomic E-state index is 12.8. The van der Waals surface area contributed by atoms with Gasteiger partial charge in [-0.2, -0.15) is 0 Å². The van der Waals surface area contributed by atoms with Gasteiger partial charge in [0.1, 0.15) is 12.3 Å². The molecule has 168 valence electrons. The van der Waals surface area contributed by atoms with Gasteiger partial charge in [0.2, 0.25) is 5.82 Å². The fraction of sp³-hybridized carbons (Fsp3) is 0.762. The van der Waals surface area contributed by atoms with E-state index in [0.717, 1.165) is 24.6 Å². The zero-order valence-electron chi connectivity index (χ0n) is 19.2. The minimum absolute atomic E-state index is 0.0904. The Bertz CT molecular complexity index is 771. The quantitative estimate of drug-likeness (QED) is 0.498. The second kappa shape index (κ2) is 8.70. The van der Waals surface area contributed by atoms with E-state index in [9.17, 15) is 9.59 Å². The van der Waals surface area contributed by atoms with Crippen molar-refractivity contribution in [3.05, 3.63) is 17.7 Å². The summed E-state index contributed by atoms with van der Waals surface area (Å²) in [6.07, 6.45) is 3.73. The van der Waals surface area contributed by atoms with Gasteiger partial charge in [-0.25, -0.2) is 9.78 Å². The molecule has 0 radical (unpaired) electrons. The molecule has 2 amide bonds. The summed E-state index contributed by atoms with van der Waals surface area (Å²) in [5.74, 6) is 0.649. The molecule has 0 spiro atoms. The third kappa shape index (κ3) is 6.31. The normalized spacial score (nSPS) is 17.6. The van der Waals surface area contributed by atoms with Crippen LogP contribution in [0, 0.1) is 0 Å². The number of nitrogens with zero attached hydrogens (tertiary/aromatic N) is 3. The van der Waals surface area contributed by atoms with Crippen molar-refractivity contribution < 1.29 is 19.1 Å². The van der Waals surface area contributed by atoms with Crippen molar-refractivity contribution in [1.29, 1.82) is 0 Å². The number of aromatic nitrogens is 2. The zero-order valence-corrected chi connectivity index (χ0v) is 20.2. The van der Waals surface area contributed by atoms with Crippen LogP contribution in [-0.2, 0) is 16.2 Å². The molecule has 2 heterocycles. The molecule has 1 aliphatic heterocycles. The lowest BCUT2D eigenvalue weighted by Crippen LogP contribution is -2.61. The fourth-order valence-corrected chi connectivity index (χ4v) is 4.00. The van der Waals surface area contributed by atoms with Crippen molar-refractivity contribution in [3.63, 3.8) is 0 Å². The van der Waals surface area contributed by atoms with E-state index < -0.39 is 13.7 Å². The Balaban J connectivity index is 1.54. The van der Waals surface area contributed by atoms with Gasteiger partial charge < -0.3 is 19.7 Å². The molecule has 30 heavy (non-hydrogen) atoms. The largest absolute Gasteiger partial charge is 0.444 e. The molecule has 2 aliphatic rings. The fourth-order valence-electron chi connectivity index (χ4n) is 3.24. The number of amides is 2. The van der Waals surface area contributed by atoms with Crippen LogP contribution in [0.4, 0.5) is 4.79 Å². The Kier molecular flexibility index (Phi) is 6.62. The lowest BCUT2D eigenvalue weighted by Gasteiger charge is -2.39. The first kappa shape index (κ1) is 22.8. The number of imidazole rings is 1. The van der Waals surface area contributed by atoms with Gasteiger partial charge in [0.05, 0.1) is 6.04 Å². The number of carbonyl (C=O) groups excluding carboxylic acids is 2. The molecule has 8 nitrogen and oxygen atoms in total. The molecule has 0 unspecified atom stereocenters. The molecule has 9 heteroatoms. The highest BCUT2D eigenvalue weighted by atomic mass is 28.3. The average molecular weight is 437 g/mol. The van der Waals surface area contributed by atoms with E-state index in [1.165, 1.54) is 0 Å². The number of hydrogen-bond acceptors (Lipinski definition) is 5. The molecule has 0 aromatic carbocycles. The molecule has 1 N–H and O–H groups in total. The zero-order chi connectivity index (χ0) is 22.1. The van der Waals surface area contributed by atoms with Crippen LogP contribution in [0.15, 0.2) is 6.20 Å². The van der Waals surface area contributed by atoms with E-state index in [1.54, 1.807) is 4.90 Å². The van der Waals surface area contributed by atoms with Crippen LogP contribution in [0.2, 0.25) is 25.7 Å². The Morgan fingerprint density at radius 3 is 2.47 bits per heavy atom. The van der Waals surface area contributed by atoms with Gasteiger partial charge in [0.25, 0.3) is 5.91 Å². The number of hydrogen-bond donors (Lipinski definition) is 1. The van der Waals surface area contributed by atoms with Gasteiger partial charge in [0, 0.05) is 45.6 Å². The highest BCUT2D eigenvalue weighted by molar-refractivity contribution is 6.76. The van der Waals surface area contributed by atoms with Gasteiger partial charge in [-0.15, -0.1) is 0 Å². The first-order valence-corrected chi connectivity index (χ1v) is 14.6. The monoisotopic (exact) mass is 436 g/mol. The number of carbonyl (C=O) groups is 2. The van der Waals surface area contributed by atoms with Crippen LogP contribution >= 0.6 is 0 Å². The van der Waals surface area contributed by atoms with Crippen molar-refractivity contribution >= 4 is 20.1 Å². The smallest absolute Gasteiger partial charge is 0.410 e. The molecule has 0 bridgehead atoms. The summed E-state index contributed by atoms with van der Waals surface area (Å²) in [4.78, 5) is 30.9. The van der Waals surface area contributed by atoms with E-state index in [0.29, 0.717) is 38.2 Å². The second-order valence-electron chi connectivity index (χ2n) is 10.6. The third-order valence-electron chi connectivity index (χ3n) is 5.17. The van der Waals surface area contributed by atoms with Crippen LogP contribution in [-0.4, -0.2) is 65.9 Å². The molecule has 2 fully saturated rings. The van der Waals surface area contributed by atoms with E-state index in [4.69, 9.17) is 9.47 Å². The van der Waals surface area contributed by atoms with Crippen LogP contribution < -0.4 is 5.32 Å². The Morgan fingerprint density at radius 1 is 1.23 bits per heavy atom. The topological polar surface area (TPSA) is 85.7 Å². The number of rotatable bonds is 8. The highest BCUT2D eigenvalue weighted by Crippen LogP contribution is 2.40. The number of likely N-dealkylation sites (tertiary alicyclic amines) is 1. The van der Waals surface area contributed by atoms with Gasteiger partial charge in [0.15, 0.2) is 0 Å². The Hall–Kier alpha value is -1.87. The van der Waals surface area contributed by atoms with Crippen molar-refractivity contribution in [1.82, 2.24) is 19.8 Å². The first-order chi connectivity index (χ1) is 13.9. The summed E-state index contributed by atoms with van der Waals surface area (Å²) in [6, 6.07) is 0.997. The minimum Gasteiger partial charge on any atom is -0.444 e. The molecular weight excluding hydrogens is 400 g/mol. The van der Waals surface area contributed by atoms with Gasteiger partial charge in [-0.3, -0.25) is 9.36 Å². The Morgan fingerprint density at radius 2 is 1.90 bits per heavy atom. The van der Waals surface area contributed by atoms with Crippen LogP contribution in [0.1, 0.15) is 55.8 Å². The molecule has 1 saturated carbocycles. The number of nitrogens with one attached hydrogen (secondary N) is 1. The average Bonchev–Trinajstić information content (AvgIpc) is 3.31. The van der Waals surface area contributed by atoms with Crippen LogP contribution in [0.25, 0.3) is 0 Å². The lowest BCUT2D eigenvalue weighted by atomic mass is 10.1. The van der Waals surface area contributed by atoms with Gasteiger partial charge in [-0.05, 0) is 39.7 Å². The standard InChI is InChI=1S/C21H36N4O4Si/c1-21(2,3)29-20(27)24-12-16(13-24)23-19(26)18-22-11-17(15-7-8-15)25(18)14-28-9-10-30(4,5)6/h11,15-16H,7-10,12-14H2,1-6H3,(H,23,26). The predicted molar refractivity (Wildman–Crippen MR) is 117 cm³/mol. The maximum atomic E-state index is 12.8. The first-order valence-electron chi connectivity index (χ1n) is 10.8. The Labute approximate surface area is 180 Å². The molecule has 0 atom stereocenters. The minimum atomic E-state index is -1.16. The van der Waals surface area contributed by atoms with Crippen molar-refractivity contribution in [2.45, 2.75) is 83.6 Å². The molecule has 1 aliphatic carbocycles. The molecule has 1 saturated heterocycles. The predicted octanol–water partition coefficient (Wildman–Crippen LogP) is 3.42. The highest BCUT2D eigenvalue weighted by Gasteiger charge is 2.36. The number of ether oxygens (including phenoxy) is 2. The van der Waals surface area contributed by atoms with Crippen molar-refractivity contribution in [3.8, 4) is 0 Å². The second-order valence-corrected chi connectivity index (χ2v) is 16.2. The summed E-state index contributed by atoms with van der Waals surface area (Å²) in [5.41, 5.74) is 0.558. The van der Waals surface area contributed by atoms with Gasteiger partial charge >= 0.3 is 6.09 Å². The van der Waals surface area contributed by atoms with Gasteiger partial charge in [-0.1, -0.05) is 19.6 Å². The summed E-state index contributed by atoms with van der Waals surface area (Å²) in [7, 11) is -1.16. The van der Waals surface area contributed by atoms with Crippen LogP contribution in [0.5, 0.6) is 0 Å². The van der Waals surface area contributed by atoms with E-state index in [-0.39, 0.29) is 18.0 Å². The van der Waals surface area contributed by atoms with E-state index >= 15 is 0 Å².